The number of rotatable bonds is 4. The molecule has 1 spiro atoms. The predicted molar refractivity (Wildman–Crippen MR) is 81.4 cm³/mol. The van der Waals surface area contributed by atoms with Gasteiger partial charge in [0.1, 0.15) is 0 Å². The second-order valence-corrected chi connectivity index (χ2v) is 7.44. The van der Waals surface area contributed by atoms with Crippen LogP contribution in [-0.2, 0) is 0 Å². The molecule has 1 aliphatic heterocycles. The molecule has 19 heavy (non-hydrogen) atoms. The van der Waals surface area contributed by atoms with Crippen molar-refractivity contribution in [3.8, 4) is 0 Å². The highest BCUT2D eigenvalue weighted by Gasteiger charge is 2.37. The maximum Gasteiger partial charge on any atom is 0.00675 e. The molecule has 3 fully saturated rings. The number of hydrogen-bond donors (Lipinski definition) is 1. The van der Waals surface area contributed by atoms with Gasteiger partial charge in [-0.1, -0.05) is 19.8 Å². The first-order valence-corrected chi connectivity index (χ1v) is 8.75. The first-order chi connectivity index (χ1) is 9.30. The zero-order valence-electron chi connectivity index (χ0n) is 12.8. The van der Waals surface area contributed by atoms with E-state index in [0.717, 1.165) is 17.4 Å². The fourth-order valence-electron chi connectivity index (χ4n) is 4.76. The van der Waals surface area contributed by atoms with E-state index in [0.29, 0.717) is 0 Å². The van der Waals surface area contributed by atoms with Crippen molar-refractivity contribution in [2.75, 3.05) is 26.2 Å². The molecule has 2 heteroatoms. The molecule has 1 saturated heterocycles. The van der Waals surface area contributed by atoms with Crippen molar-refractivity contribution in [1.29, 1.82) is 0 Å². The molecule has 2 nitrogen and oxygen atoms in total. The van der Waals surface area contributed by atoms with Crippen LogP contribution in [0, 0.1) is 11.3 Å². The predicted octanol–water partition coefficient (Wildman–Crippen LogP) is 3.42. The van der Waals surface area contributed by atoms with Gasteiger partial charge in [-0.25, -0.2) is 0 Å². The second-order valence-electron chi connectivity index (χ2n) is 7.44. The lowest BCUT2D eigenvalue weighted by molar-refractivity contribution is 0.166. The number of hydrogen-bond acceptors (Lipinski definition) is 2. The van der Waals surface area contributed by atoms with Crippen molar-refractivity contribution in [3.05, 3.63) is 0 Å². The zero-order valence-corrected chi connectivity index (χ0v) is 12.8. The van der Waals surface area contributed by atoms with Gasteiger partial charge in [0, 0.05) is 12.6 Å². The third kappa shape index (κ3) is 3.33. The average molecular weight is 264 g/mol. The molecule has 0 amide bonds. The van der Waals surface area contributed by atoms with E-state index in [1.54, 1.807) is 0 Å². The van der Waals surface area contributed by atoms with Gasteiger partial charge in [0.05, 0.1) is 0 Å². The van der Waals surface area contributed by atoms with Gasteiger partial charge < -0.3 is 10.2 Å². The van der Waals surface area contributed by atoms with E-state index < -0.39 is 0 Å². The molecule has 1 heterocycles. The molecule has 0 aromatic carbocycles. The molecule has 1 atom stereocenters. The molecule has 2 saturated carbocycles. The number of nitrogens with zero attached hydrogens (tertiary/aromatic N) is 1. The van der Waals surface area contributed by atoms with Crippen molar-refractivity contribution in [2.45, 2.75) is 70.8 Å². The van der Waals surface area contributed by atoms with E-state index in [2.05, 4.69) is 17.1 Å². The number of nitrogens with one attached hydrogen (secondary N) is 1. The van der Waals surface area contributed by atoms with Gasteiger partial charge in [-0.3, -0.25) is 0 Å². The van der Waals surface area contributed by atoms with E-state index in [1.807, 2.05) is 0 Å². The highest BCUT2D eigenvalue weighted by atomic mass is 15.1. The van der Waals surface area contributed by atoms with Gasteiger partial charge in [-0.2, -0.15) is 0 Å². The fourth-order valence-corrected chi connectivity index (χ4v) is 4.76. The summed E-state index contributed by atoms with van der Waals surface area (Å²) in [6.07, 6.45) is 13.4. The van der Waals surface area contributed by atoms with Crippen LogP contribution in [0.3, 0.4) is 0 Å². The van der Waals surface area contributed by atoms with Crippen molar-refractivity contribution >= 4 is 0 Å². The van der Waals surface area contributed by atoms with Crippen LogP contribution in [0.15, 0.2) is 0 Å². The molecule has 1 N–H and O–H groups in total. The molecule has 3 aliphatic rings. The van der Waals surface area contributed by atoms with Gasteiger partial charge in [-0.05, 0) is 75.9 Å². The highest BCUT2D eigenvalue weighted by Crippen LogP contribution is 2.48. The third-order valence-electron chi connectivity index (χ3n) is 6.22. The van der Waals surface area contributed by atoms with Crippen molar-refractivity contribution < 1.29 is 0 Å². The minimum atomic E-state index is 0.796. The van der Waals surface area contributed by atoms with Gasteiger partial charge in [0.15, 0.2) is 0 Å². The summed E-state index contributed by atoms with van der Waals surface area (Å²) in [5.41, 5.74) is 0.796. The highest BCUT2D eigenvalue weighted by molar-refractivity contribution is 4.91. The summed E-state index contributed by atoms with van der Waals surface area (Å²) >= 11 is 0. The molecule has 0 bridgehead atoms. The first-order valence-electron chi connectivity index (χ1n) is 8.75. The molecular formula is C17H32N2. The lowest BCUT2D eigenvalue weighted by Crippen LogP contribution is -2.39. The molecular weight excluding hydrogens is 232 g/mol. The average Bonchev–Trinajstić information content (AvgIpc) is 3.08. The Kier molecular flexibility index (Phi) is 4.48. The Bertz CT molecular complexity index is 273. The van der Waals surface area contributed by atoms with E-state index in [4.69, 9.17) is 0 Å². The summed E-state index contributed by atoms with van der Waals surface area (Å²) in [7, 11) is 0. The molecule has 110 valence electrons. The molecule has 3 rings (SSSR count). The minimum absolute atomic E-state index is 0.796. The molecule has 1 unspecified atom stereocenters. The Morgan fingerprint density at radius 1 is 1.05 bits per heavy atom. The van der Waals surface area contributed by atoms with Gasteiger partial charge in [0.2, 0.25) is 0 Å². The lowest BCUT2D eigenvalue weighted by atomic mass is 9.71. The van der Waals surface area contributed by atoms with Crippen LogP contribution in [-0.4, -0.2) is 37.1 Å². The Morgan fingerprint density at radius 3 is 2.42 bits per heavy atom. The maximum absolute atomic E-state index is 3.89. The van der Waals surface area contributed by atoms with Crippen LogP contribution in [0.5, 0.6) is 0 Å². The van der Waals surface area contributed by atoms with Crippen molar-refractivity contribution in [1.82, 2.24) is 10.2 Å². The fraction of sp³-hybridized carbons (Fsp3) is 1.00. The maximum atomic E-state index is 3.89. The lowest BCUT2D eigenvalue weighted by Gasteiger charge is -2.38. The van der Waals surface area contributed by atoms with E-state index in [-0.39, 0.29) is 0 Å². The standard InChI is InChI=1S/C17H32N2/c1-2-19-12-7-15(14-19)13-18-16-5-10-17(11-6-16)8-3-4-9-17/h15-16,18H,2-14H2,1H3. The van der Waals surface area contributed by atoms with Gasteiger partial charge in [-0.15, -0.1) is 0 Å². The number of likely N-dealkylation sites (tertiary alicyclic amines) is 1. The van der Waals surface area contributed by atoms with E-state index in [1.165, 1.54) is 84.0 Å². The summed E-state index contributed by atoms with van der Waals surface area (Å²) in [6, 6.07) is 0.835. The van der Waals surface area contributed by atoms with E-state index >= 15 is 0 Å². The molecule has 0 aromatic rings. The first kappa shape index (κ1) is 13.9. The molecule has 0 aromatic heterocycles. The minimum Gasteiger partial charge on any atom is -0.314 e. The summed E-state index contributed by atoms with van der Waals surface area (Å²) in [6.45, 7) is 7.46. The van der Waals surface area contributed by atoms with Crippen LogP contribution in [0.25, 0.3) is 0 Å². The Balaban J connectivity index is 1.36. The van der Waals surface area contributed by atoms with Crippen LogP contribution in [0.4, 0.5) is 0 Å². The monoisotopic (exact) mass is 264 g/mol. The van der Waals surface area contributed by atoms with Crippen LogP contribution in [0.2, 0.25) is 0 Å². The normalized spacial score (nSPS) is 32.4. The topological polar surface area (TPSA) is 15.3 Å². The largest absolute Gasteiger partial charge is 0.314 e. The SMILES string of the molecule is CCN1CCC(CNC2CCC3(CCCC3)CC2)C1. The van der Waals surface area contributed by atoms with Gasteiger partial charge in [0.25, 0.3) is 0 Å². The van der Waals surface area contributed by atoms with Crippen molar-refractivity contribution in [3.63, 3.8) is 0 Å². The van der Waals surface area contributed by atoms with Crippen molar-refractivity contribution in [2.24, 2.45) is 11.3 Å². The molecule has 2 aliphatic carbocycles. The van der Waals surface area contributed by atoms with Crippen LogP contribution in [0.1, 0.15) is 64.7 Å². The Hall–Kier alpha value is -0.0800. The van der Waals surface area contributed by atoms with Crippen LogP contribution < -0.4 is 5.32 Å². The zero-order chi connectivity index (χ0) is 13.1. The van der Waals surface area contributed by atoms with E-state index in [9.17, 15) is 0 Å². The summed E-state index contributed by atoms with van der Waals surface area (Å²) in [5.74, 6) is 0.919. The van der Waals surface area contributed by atoms with Gasteiger partial charge >= 0.3 is 0 Å². The summed E-state index contributed by atoms with van der Waals surface area (Å²) in [5, 5.41) is 3.89. The quantitative estimate of drug-likeness (QED) is 0.837. The third-order valence-corrected chi connectivity index (χ3v) is 6.22. The van der Waals surface area contributed by atoms with Crippen LogP contribution >= 0.6 is 0 Å². The summed E-state index contributed by atoms with van der Waals surface area (Å²) < 4.78 is 0. The second kappa shape index (κ2) is 6.13. The molecule has 0 radical (unpaired) electrons. The smallest absolute Gasteiger partial charge is 0.00675 e. The summed E-state index contributed by atoms with van der Waals surface area (Å²) in [4.78, 5) is 2.60. The Morgan fingerprint density at radius 2 is 1.79 bits per heavy atom. The Labute approximate surface area is 119 Å².